The monoisotopic (exact) mass is 297 g/mol. The number of hydrogen-bond donors (Lipinski definition) is 1. The van der Waals surface area contributed by atoms with Gasteiger partial charge in [-0.2, -0.15) is 0 Å². The van der Waals surface area contributed by atoms with Gasteiger partial charge >= 0.3 is 0 Å². The maximum atomic E-state index is 13.7. The van der Waals surface area contributed by atoms with E-state index < -0.39 is 11.2 Å². The number of halogens is 2. The van der Waals surface area contributed by atoms with E-state index in [1.54, 1.807) is 6.07 Å². The van der Waals surface area contributed by atoms with Crippen LogP contribution < -0.4 is 5.73 Å². The van der Waals surface area contributed by atoms with Gasteiger partial charge in [-0.25, -0.2) is 4.39 Å². The number of nitrogens with two attached hydrogens (primary N) is 1. The number of benzene rings is 1. The predicted molar refractivity (Wildman–Crippen MR) is 79.4 cm³/mol. The van der Waals surface area contributed by atoms with Crippen LogP contribution in [0.3, 0.4) is 0 Å². The Bertz CT molecular complexity index is 532. The topological polar surface area (TPSA) is 43.1 Å². The molecule has 4 heteroatoms. The fraction of sp³-hybridized carbons (Fsp3) is 0.562. The summed E-state index contributed by atoms with van der Waals surface area (Å²) in [5, 5.41) is 0.0737. The third-order valence-electron chi connectivity index (χ3n) is 3.90. The first-order valence-corrected chi connectivity index (χ1v) is 7.28. The van der Waals surface area contributed by atoms with Crippen LogP contribution in [-0.4, -0.2) is 11.3 Å². The van der Waals surface area contributed by atoms with Crippen LogP contribution in [0.4, 0.5) is 4.39 Å². The molecule has 0 amide bonds. The molecule has 0 saturated heterocycles. The van der Waals surface area contributed by atoms with Gasteiger partial charge in [-0.05, 0) is 37.0 Å². The summed E-state index contributed by atoms with van der Waals surface area (Å²) in [5.74, 6) is -0.761. The Balaban J connectivity index is 2.34. The number of carbonyl (C=O) groups excluding carboxylic acids is 1. The van der Waals surface area contributed by atoms with Crippen molar-refractivity contribution in [2.45, 2.75) is 51.5 Å². The molecular weight excluding hydrogens is 277 g/mol. The molecule has 1 aromatic carbocycles. The summed E-state index contributed by atoms with van der Waals surface area (Å²) in [5.41, 5.74) is 6.09. The molecular formula is C16H21ClFNO. The number of carbonyl (C=O) groups is 1. The molecule has 0 bridgehead atoms. The number of ketones is 1. The molecule has 1 fully saturated rings. The van der Waals surface area contributed by atoms with E-state index in [1.165, 1.54) is 12.1 Å². The molecule has 2 nitrogen and oxygen atoms in total. The van der Waals surface area contributed by atoms with Crippen molar-refractivity contribution in [3.8, 4) is 0 Å². The van der Waals surface area contributed by atoms with Crippen molar-refractivity contribution in [3.63, 3.8) is 0 Å². The zero-order valence-electron chi connectivity index (χ0n) is 12.2. The van der Waals surface area contributed by atoms with E-state index in [2.05, 4.69) is 0 Å². The highest BCUT2D eigenvalue weighted by molar-refractivity contribution is 6.30. The van der Waals surface area contributed by atoms with Crippen LogP contribution in [0.2, 0.25) is 5.02 Å². The maximum Gasteiger partial charge on any atom is 0.145 e. The number of Topliss-reactive ketones (excluding diaryl/α,β-unsaturated/α-hetero) is 1. The Morgan fingerprint density at radius 2 is 2.05 bits per heavy atom. The van der Waals surface area contributed by atoms with Gasteiger partial charge in [0.05, 0.1) is 5.02 Å². The average molecular weight is 298 g/mol. The normalized spacial score (nSPS) is 18.7. The van der Waals surface area contributed by atoms with E-state index in [0.29, 0.717) is 12.0 Å². The van der Waals surface area contributed by atoms with Crippen LogP contribution in [0.1, 0.15) is 51.5 Å². The third kappa shape index (κ3) is 3.39. The molecule has 1 aliphatic carbocycles. The van der Waals surface area contributed by atoms with E-state index in [0.717, 1.165) is 12.8 Å². The van der Waals surface area contributed by atoms with Gasteiger partial charge in [-0.1, -0.05) is 38.4 Å². The van der Waals surface area contributed by atoms with Crippen molar-refractivity contribution in [2.24, 2.45) is 11.1 Å². The smallest absolute Gasteiger partial charge is 0.145 e. The van der Waals surface area contributed by atoms with Crippen molar-refractivity contribution < 1.29 is 9.18 Å². The van der Waals surface area contributed by atoms with Crippen LogP contribution in [0.15, 0.2) is 18.2 Å². The molecule has 0 radical (unpaired) electrons. The SMILES string of the molecule is CC(C)(C)C(=O)C(CC1(N)CC1)c1ccc(Cl)c(F)c1. The summed E-state index contributed by atoms with van der Waals surface area (Å²) in [6.07, 6.45) is 2.43. The minimum atomic E-state index is -0.488. The molecule has 20 heavy (non-hydrogen) atoms. The quantitative estimate of drug-likeness (QED) is 0.910. The molecule has 0 aliphatic heterocycles. The number of rotatable bonds is 4. The van der Waals surface area contributed by atoms with E-state index in [-0.39, 0.29) is 22.3 Å². The molecule has 1 unspecified atom stereocenters. The molecule has 1 atom stereocenters. The maximum absolute atomic E-state index is 13.7. The molecule has 1 aromatic rings. The first-order chi connectivity index (χ1) is 9.12. The lowest BCUT2D eigenvalue weighted by Gasteiger charge is -2.27. The predicted octanol–water partition coefficient (Wildman–Crippen LogP) is 4.06. The zero-order chi connectivity index (χ0) is 15.1. The minimum Gasteiger partial charge on any atom is -0.325 e. The van der Waals surface area contributed by atoms with Crippen LogP contribution in [0, 0.1) is 11.2 Å². The van der Waals surface area contributed by atoms with Crippen LogP contribution >= 0.6 is 11.6 Å². The zero-order valence-corrected chi connectivity index (χ0v) is 12.9. The molecule has 0 aromatic heterocycles. The third-order valence-corrected chi connectivity index (χ3v) is 4.21. The highest BCUT2D eigenvalue weighted by Gasteiger charge is 2.44. The highest BCUT2D eigenvalue weighted by atomic mass is 35.5. The summed E-state index contributed by atoms with van der Waals surface area (Å²) in [6, 6.07) is 4.60. The first kappa shape index (κ1) is 15.5. The largest absolute Gasteiger partial charge is 0.325 e. The second-order valence-electron chi connectivity index (χ2n) is 6.91. The lowest BCUT2D eigenvalue weighted by Crippen LogP contribution is -2.33. The van der Waals surface area contributed by atoms with Crippen molar-refractivity contribution >= 4 is 17.4 Å². The summed E-state index contributed by atoms with van der Waals surface area (Å²) < 4.78 is 13.7. The molecule has 110 valence electrons. The molecule has 2 N–H and O–H groups in total. The van der Waals surface area contributed by atoms with Gasteiger partial charge in [0, 0.05) is 16.9 Å². The standard InChI is InChI=1S/C16H21ClFNO/c1-15(2,3)14(20)11(9-16(19)6-7-16)10-4-5-12(17)13(18)8-10/h4-5,8,11H,6-7,9,19H2,1-3H3. The van der Waals surface area contributed by atoms with Crippen LogP contribution in [-0.2, 0) is 4.79 Å². The van der Waals surface area contributed by atoms with Gasteiger partial charge in [-0.3, -0.25) is 4.79 Å². The molecule has 0 spiro atoms. The second-order valence-corrected chi connectivity index (χ2v) is 7.31. The Hall–Kier alpha value is -0.930. The summed E-state index contributed by atoms with van der Waals surface area (Å²) in [6.45, 7) is 5.64. The Labute approximate surface area is 124 Å². The molecule has 1 aliphatic rings. The van der Waals surface area contributed by atoms with Gasteiger partial charge < -0.3 is 5.73 Å². The van der Waals surface area contributed by atoms with Gasteiger partial charge in [0.2, 0.25) is 0 Å². The van der Waals surface area contributed by atoms with E-state index in [9.17, 15) is 9.18 Å². The molecule has 1 saturated carbocycles. The summed E-state index contributed by atoms with van der Waals surface area (Å²) in [4.78, 5) is 12.7. The second kappa shape index (κ2) is 5.12. The first-order valence-electron chi connectivity index (χ1n) is 6.91. The molecule has 0 heterocycles. The van der Waals surface area contributed by atoms with Crippen LogP contribution in [0.25, 0.3) is 0 Å². The summed E-state index contributed by atoms with van der Waals surface area (Å²) in [7, 11) is 0. The van der Waals surface area contributed by atoms with Crippen molar-refractivity contribution in [3.05, 3.63) is 34.6 Å². The fourth-order valence-electron chi connectivity index (χ4n) is 2.38. The lowest BCUT2D eigenvalue weighted by molar-refractivity contribution is -0.128. The Morgan fingerprint density at radius 1 is 1.45 bits per heavy atom. The molecule has 2 rings (SSSR count). The van der Waals surface area contributed by atoms with Gasteiger partial charge in [0.1, 0.15) is 11.6 Å². The van der Waals surface area contributed by atoms with E-state index >= 15 is 0 Å². The van der Waals surface area contributed by atoms with Crippen LogP contribution in [0.5, 0.6) is 0 Å². The van der Waals surface area contributed by atoms with E-state index in [4.69, 9.17) is 17.3 Å². The van der Waals surface area contributed by atoms with Crippen molar-refractivity contribution in [1.82, 2.24) is 0 Å². The van der Waals surface area contributed by atoms with Gasteiger partial charge in [0.25, 0.3) is 0 Å². The Morgan fingerprint density at radius 3 is 2.50 bits per heavy atom. The van der Waals surface area contributed by atoms with Gasteiger partial charge in [-0.15, -0.1) is 0 Å². The van der Waals surface area contributed by atoms with Crippen molar-refractivity contribution in [2.75, 3.05) is 0 Å². The highest BCUT2D eigenvalue weighted by Crippen LogP contribution is 2.43. The van der Waals surface area contributed by atoms with Crippen molar-refractivity contribution in [1.29, 1.82) is 0 Å². The Kier molecular flexibility index (Phi) is 3.96. The lowest BCUT2D eigenvalue weighted by atomic mass is 9.77. The minimum absolute atomic E-state index is 0.0737. The average Bonchev–Trinajstić information content (AvgIpc) is 3.06. The van der Waals surface area contributed by atoms with Gasteiger partial charge in [0.15, 0.2) is 0 Å². The number of hydrogen-bond acceptors (Lipinski definition) is 2. The summed E-state index contributed by atoms with van der Waals surface area (Å²) >= 11 is 5.72. The van der Waals surface area contributed by atoms with E-state index in [1.807, 2.05) is 20.8 Å². The fourth-order valence-corrected chi connectivity index (χ4v) is 2.50.